The summed E-state index contributed by atoms with van der Waals surface area (Å²) in [6.07, 6.45) is 5.58. The standard InChI is InChI=1S/C15H29N3O/c1-4-11(2)17-15(19)7-8-16-13-9-12(3)18(10-13)14-5-6-14/h11-14,16H,4-10H2,1-3H3,(H,17,19). The van der Waals surface area contributed by atoms with Crippen LogP contribution in [0.15, 0.2) is 0 Å². The first-order valence-corrected chi connectivity index (χ1v) is 7.88. The molecule has 2 N–H and O–H groups in total. The van der Waals surface area contributed by atoms with Gasteiger partial charge in [-0.05, 0) is 39.5 Å². The molecule has 1 aliphatic heterocycles. The van der Waals surface area contributed by atoms with Crippen LogP contribution in [-0.2, 0) is 4.79 Å². The van der Waals surface area contributed by atoms with Gasteiger partial charge >= 0.3 is 0 Å². The minimum Gasteiger partial charge on any atom is -0.354 e. The molecule has 1 aliphatic carbocycles. The van der Waals surface area contributed by atoms with Gasteiger partial charge in [-0.15, -0.1) is 0 Å². The lowest BCUT2D eigenvalue weighted by atomic mass is 10.2. The van der Waals surface area contributed by atoms with Crippen LogP contribution in [0.25, 0.3) is 0 Å². The summed E-state index contributed by atoms with van der Waals surface area (Å²) in [6, 6.07) is 2.44. The third-order valence-electron chi connectivity index (χ3n) is 4.44. The van der Waals surface area contributed by atoms with E-state index in [1.54, 1.807) is 0 Å². The maximum Gasteiger partial charge on any atom is 0.221 e. The van der Waals surface area contributed by atoms with Gasteiger partial charge in [0.05, 0.1) is 0 Å². The van der Waals surface area contributed by atoms with Gasteiger partial charge in [-0.1, -0.05) is 6.92 Å². The molecule has 3 atom stereocenters. The minimum absolute atomic E-state index is 0.173. The quantitative estimate of drug-likeness (QED) is 0.735. The molecule has 2 aliphatic rings. The van der Waals surface area contributed by atoms with Crippen LogP contribution in [0, 0.1) is 0 Å². The maximum atomic E-state index is 11.7. The molecule has 4 nitrogen and oxygen atoms in total. The van der Waals surface area contributed by atoms with E-state index >= 15 is 0 Å². The molecular formula is C15H29N3O. The molecule has 0 aromatic heterocycles. The Kier molecular flexibility index (Phi) is 5.22. The number of nitrogens with zero attached hydrogens (tertiary/aromatic N) is 1. The molecule has 0 bridgehead atoms. The molecule has 1 amide bonds. The van der Waals surface area contributed by atoms with Crippen LogP contribution >= 0.6 is 0 Å². The van der Waals surface area contributed by atoms with Crippen molar-refractivity contribution in [2.24, 2.45) is 0 Å². The van der Waals surface area contributed by atoms with Crippen molar-refractivity contribution in [1.29, 1.82) is 0 Å². The van der Waals surface area contributed by atoms with E-state index in [0.717, 1.165) is 19.0 Å². The third kappa shape index (κ3) is 4.46. The number of rotatable bonds is 7. The highest BCUT2D eigenvalue weighted by atomic mass is 16.1. The molecule has 4 heteroatoms. The van der Waals surface area contributed by atoms with Crippen molar-refractivity contribution in [3.05, 3.63) is 0 Å². The van der Waals surface area contributed by atoms with Crippen molar-refractivity contribution in [2.75, 3.05) is 13.1 Å². The molecule has 0 aromatic rings. The Morgan fingerprint density at radius 3 is 2.79 bits per heavy atom. The second-order valence-corrected chi connectivity index (χ2v) is 6.29. The first-order valence-electron chi connectivity index (χ1n) is 7.88. The van der Waals surface area contributed by atoms with E-state index in [4.69, 9.17) is 0 Å². The highest BCUT2D eigenvalue weighted by molar-refractivity contribution is 5.76. The molecule has 1 saturated carbocycles. The van der Waals surface area contributed by atoms with Gasteiger partial charge < -0.3 is 10.6 Å². The zero-order chi connectivity index (χ0) is 13.8. The van der Waals surface area contributed by atoms with E-state index in [1.165, 1.54) is 25.8 Å². The molecule has 1 saturated heterocycles. The van der Waals surface area contributed by atoms with Crippen LogP contribution in [0.1, 0.15) is 52.9 Å². The average molecular weight is 267 g/mol. The van der Waals surface area contributed by atoms with Crippen molar-refractivity contribution in [1.82, 2.24) is 15.5 Å². The van der Waals surface area contributed by atoms with Crippen LogP contribution < -0.4 is 10.6 Å². The second-order valence-electron chi connectivity index (χ2n) is 6.29. The fourth-order valence-electron chi connectivity index (χ4n) is 2.96. The van der Waals surface area contributed by atoms with Gasteiger partial charge in [0.15, 0.2) is 0 Å². The minimum atomic E-state index is 0.173. The Morgan fingerprint density at radius 1 is 1.42 bits per heavy atom. The highest BCUT2D eigenvalue weighted by Crippen LogP contribution is 2.33. The van der Waals surface area contributed by atoms with Gasteiger partial charge in [0.2, 0.25) is 5.91 Å². The summed E-state index contributed by atoms with van der Waals surface area (Å²) in [5.74, 6) is 0.173. The SMILES string of the molecule is CCC(C)NC(=O)CCNC1CC(C)N(C2CC2)C1. The number of hydrogen-bond donors (Lipinski definition) is 2. The van der Waals surface area contributed by atoms with Crippen LogP contribution in [0.5, 0.6) is 0 Å². The summed E-state index contributed by atoms with van der Waals surface area (Å²) in [4.78, 5) is 14.3. The van der Waals surface area contributed by atoms with E-state index in [-0.39, 0.29) is 5.91 Å². The first-order chi connectivity index (χ1) is 9.10. The number of hydrogen-bond acceptors (Lipinski definition) is 3. The van der Waals surface area contributed by atoms with E-state index < -0.39 is 0 Å². The predicted molar refractivity (Wildman–Crippen MR) is 78.1 cm³/mol. The van der Waals surface area contributed by atoms with Gasteiger partial charge in [-0.3, -0.25) is 9.69 Å². The summed E-state index contributed by atoms with van der Waals surface area (Å²) >= 11 is 0. The number of amides is 1. The summed E-state index contributed by atoms with van der Waals surface area (Å²) in [6.45, 7) is 8.44. The Balaban J connectivity index is 1.60. The molecular weight excluding hydrogens is 238 g/mol. The Morgan fingerprint density at radius 2 is 2.16 bits per heavy atom. The van der Waals surface area contributed by atoms with Gasteiger partial charge in [0.25, 0.3) is 0 Å². The third-order valence-corrected chi connectivity index (χ3v) is 4.44. The van der Waals surface area contributed by atoms with Crippen LogP contribution in [-0.4, -0.2) is 48.1 Å². The monoisotopic (exact) mass is 267 g/mol. The Bertz CT molecular complexity index is 304. The molecule has 0 spiro atoms. The molecule has 2 rings (SSSR count). The van der Waals surface area contributed by atoms with Crippen LogP contribution in [0.3, 0.4) is 0 Å². The van der Waals surface area contributed by atoms with E-state index in [9.17, 15) is 4.79 Å². The van der Waals surface area contributed by atoms with Crippen LogP contribution in [0.4, 0.5) is 0 Å². The first kappa shape index (κ1) is 14.8. The van der Waals surface area contributed by atoms with Gasteiger partial charge in [0.1, 0.15) is 0 Å². The van der Waals surface area contributed by atoms with Crippen LogP contribution in [0.2, 0.25) is 0 Å². The van der Waals surface area contributed by atoms with Gasteiger partial charge in [0, 0.05) is 43.7 Å². The molecule has 0 aromatic carbocycles. The number of carbonyl (C=O) groups is 1. The normalized spacial score (nSPS) is 29.4. The summed E-state index contributed by atoms with van der Waals surface area (Å²) in [7, 11) is 0. The van der Waals surface area contributed by atoms with Crippen molar-refractivity contribution in [2.45, 2.75) is 77.0 Å². The summed E-state index contributed by atoms with van der Waals surface area (Å²) in [5.41, 5.74) is 0. The van der Waals surface area contributed by atoms with E-state index in [1.807, 2.05) is 0 Å². The summed E-state index contributed by atoms with van der Waals surface area (Å²) < 4.78 is 0. The molecule has 2 fully saturated rings. The Hall–Kier alpha value is -0.610. The smallest absolute Gasteiger partial charge is 0.221 e. The topological polar surface area (TPSA) is 44.4 Å². The largest absolute Gasteiger partial charge is 0.354 e. The summed E-state index contributed by atoms with van der Waals surface area (Å²) in [5, 5.41) is 6.56. The lowest BCUT2D eigenvalue weighted by Crippen LogP contribution is -2.38. The van der Waals surface area contributed by atoms with Crippen molar-refractivity contribution in [3.8, 4) is 0 Å². The molecule has 110 valence electrons. The predicted octanol–water partition coefficient (Wildman–Crippen LogP) is 1.51. The fourth-order valence-corrected chi connectivity index (χ4v) is 2.96. The zero-order valence-electron chi connectivity index (χ0n) is 12.6. The lowest BCUT2D eigenvalue weighted by molar-refractivity contribution is -0.121. The number of carbonyl (C=O) groups excluding carboxylic acids is 1. The zero-order valence-corrected chi connectivity index (χ0v) is 12.6. The van der Waals surface area contributed by atoms with Crippen molar-refractivity contribution in [3.63, 3.8) is 0 Å². The van der Waals surface area contributed by atoms with Crippen molar-refractivity contribution >= 4 is 5.91 Å². The Labute approximate surface area is 117 Å². The molecule has 1 heterocycles. The second kappa shape index (κ2) is 6.71. The van der Waals surface area contributed by atoms with E-state index in [2.05, 4.69) is 36.3 Å². The average Bonchev–Trinajstić information content (AvgIpc) is 3.14. The number of likely N-dealkylation sites (tertiary alicyclic amines) is 1. The lowest BCUT2D eigenvalue weighted by Gasteiger charge is -2.19. The van der Waals surface area contributed by atoms with Crippen molar-refractivity contribution < 1.29 is 4.79 Å². The molecule has 19 heavy (non-hydrogen) atoms. The molecule has 0 radical (unpaired) electrons. The number of nitrogens with one attached hydrogen (secondary N) is 2. The highest BCUT2D eigenvalue weighted by Gasteiger charge is 2.38. The fraction of sp³-hybridized carbons (Fsp3) is 0.933. The van der Waals surface area contributed by atoms with Gasteiger partial charge in [-0.2, -0.15) is 0 Å². The molecule has 3 unspecified atom stereocenters. The van der Waals surface area contributed by atoms with Gasteiger partial charge in [-0.25, -0.2) is 0 Å². The van der Waals surface area contributed by atoms with E-state index in [0.29, 0.717) is 24.5 Å². The maximum absolute atomic E-state index is 11.7.